The number of carbonyl (C=O) groups is 1. The number of aliphatic hydroxyl groups excluding tert-OH is 1. The number of rotatable bonds is 6. The lowest BCUT2D eigenvalue weighted by molar-refractivity contribution is 0.0708. The SMILES string of the molecule is CCCc1sc(C(=O)N(C)CC(C)O)cc1CC. The van der Waals surface area contributed by atoms with Gasteiger partial charge in [-0.1, -0.05) is 20.3 Å². The van der Waals surface area contributed by atoms with Crippen LogP contribution < -0.4 is 0 Å². The Morgan fingerprint density at radius 3 is 2.67 bits per heavy atom. The van der Waals surface area contributed by atoms with E-state index in [1.54, 1.807) is 30.2 Å². The van der Waals surface area contributed by atoms with Crippen LogP contribution in [0.4, 0.5) is 0 Å². The van der Waals surface area contributed by atoms with E-state index in [9.17, 15) is 9.90 Å². The summed E-state index contributed by atoms with van der Waals surface area (Å²) in [5, 5.41) is 9.32. The number of amides is 1. The van der Waals surface area contributed by atoms with Crippen molar-refractivity contribution in [3.8, 4) is 0 Å². The van der Waals surface area contributed by atoms with Gasteiger partial charge < -0.3 is 10.0 Å². The third kappa shape index (κ3) is 3.82. The zero-order valence-corrected chi connectivity index (χ0v) is 12.5. The number of hydrogen-bond donors (Lipinski definition) is 1. The molecule has 0 saturated heterocycles. The Kier molecular flexibility index (Phi) is 5.82. The molecule has 0 fully saturated rings. The van der Waals surface area contributed by atoms with Crippen molar-refractivity contribution in [2.24, 2.45) is 0 Å². The minimum absolute atomic E-state index is 0.0120. The molecule has 0 spiro atoms. The van der Waals surface area contributed by atoms with Crippen LogP contribution in [0.2, 0.25) is 0 Å². The highest BCUT2D eigenvalue weighted by Gasteiger charge is 2.17. The summed E-state index contributed by atoms with van der Waals surface area (Å²) in [4.78, 5) is 15.9. The number of aryl methyl sites for hydroxylation is 2. The lowest BCUT2D eigenvalue weighted by Crippen LogP contribution is -2.32. The van der Waals surface area contributed by atoms with Gasteiger partial charge in [0.2, 0.25) is 0 Å². The maximum atomic E-state index is 12.2. The Morgan fingerprint density at radius 1 is 1.50 bits per heavy atom. The minimum atomic E-state index is -0.486. The quantitative estimate of drug-likeness (QED) is 0.862. The Labute approximate surface area is 113 Å². The molecule has 102 valence electrons. The fourth-order valence-electron chi connectivity index (χ4n) is 1.98. The van der Waals surface area contributed by atoms with Crippen molar-refractivity contribution >= 4 is 17.2 Å². The summed E-state index contributed by atoms with van der Waals surface area (Å²) in [5.74, 6) is 0.0120. The van der Waals surface area contributed by atoms with E-state index in [4.69, 9.17) is 0 Å². The zero-order chi connectivity index (χ0) is 13.7. The molecule has 1 atom stereocenters. The fraction of sp³-hybridized carbons (Fsp3) is 0.643. The summed E-state index contributed by atoms with van der Waals surface area (Å²) >= 11 is 1.60. The van der Waals surface area contributed by atoms with Crippen LogP contribution in [0.25, 0.3) is 0 Å². The molecule has 0 aromatic carbocycles. The number of likely N-dealkylation sites (N-methyl/N-ethyl adjacent to an activating group) is 1. The molecule has 0 bridgehead atoms. The first kappa shape index (κ1) is 15.2. The van der Waals surface area contributed by atoms with Gasteiger partial charge in [0, 0.05) is 18.5 Å². The molecule has 3 nitrogen and oxygen atoms in total. The van der Waals surface area contributed by atoms with Crippen LogP contribution in [0.5, 0.6) is 0 Å². The summed E-state index contributed by atoms with van der Waals surface area (Å²) in [6.45, 7) is 6.34. The molecule has 0 aliphatic rings. The van der Waals surface area contributed by atoms with Crippen molar-refractivity contribution in [2.45, 2.75) is 46.1 Å². The van der Waals surface area contributed by atoms with Crippen molar-refractivity contribution in [1.82, 2.24) is 4.90 Å². The first-order chi connectivity index (χ1) is 8.49. The number of carbonyl (C=O) groups excluding carboxylic acids is 1. The number of nitrogens with zero attached hydrogens (tertiary/aromatic N) is 1. The van der Waals surface area contributed by atoms with Crippen molar-refractivity contribution in [3.05, 3.63) is 21.4 Å². The van der Waals surface area contributed by atoms with Gasteiger partial charge in [-0.3, -0.25) is 4.79 Å². The zero-order valence-electron chi connectivity index (χ0n) is 11.7. The normalized spacial score (nSPS) is 12.5. The molecule has 1 aromatic heterocycles. The third-order valence-corrected chi connectivity index (χ3v) is 4.08. The average Bonchev–Trinajstić information content (AvgIpc) is 2.70. The van der Waals surface area contributed by atoms with E-state index in [-0.39, 0.29) is 5.91 Å². The first-order valence-electron chi connectivity index (χ1n) is 6.54. The molecule has 0 aliphatic carbocycles. The predicted molar refractivity (Wildman–Crippen MR) is 76.3 cm³/mol. The van der Waals surface area contributed by atoms with Crippen LogP contribution in [0, 0.1) is 0 Å². The lowest BCUT2D eigenvalue weighted by Gasteiger charge is -2.17. The van der Waals surface area contributed by atoms with Crippen LogP contribution in [0.3, 0.4) is 0 Å². The molecule has 0 aliphatic heterocycles. The first-order valence-corrected chi connectivity index (χ1v) is 7.36. The third-order valence-electron chi connectivity index (χ3n) is 2.85. The predicted octanol–water partition coefficient (Wildman–Crippen LogP) is 2.72. The summed E-state index contributed by atoms with van der Waals surface area (Å²) in [6.07, 6.45) is 2.63. The van der Waals surface area contributed by atoms with Gasteiger partial charge in [0.25, 0.3) is 5.91 Å². The van der Waals surface area contributed by atoms with Gasteiger partial charge in [0.05, 0.1) is 11.0 Å². The molecule has 1 unspecified atom stereocenters. The highest BCUT2D eigenvalue weighted by Crippen LogP contribution is 2.25. The number of hydrogen-bond acceptors (Lipinski definition) is 3. The summed E-state index contributed by atoms with van der Waals surface area (Å²) in [5.41, 5.74) is 1.29. The van der Waals surface area contributed by atoms with E-state index in [2.05, 4.69) is 13.8 Å². The number of aliphatic hydroxyl groups is 1. The van der Waals surface area contributed by atoms with Crippen molar-refractivity contribution < 1.29 is 9.90 Å². The summed E-state index contributed by atoms with van der Waals surface area (Å²) < 4.78 is 0. The van der Waals surface area contributed by atoms with Gasteiger partial charge in [-0.25, -0.2) is 0 Å². The Bertz CT molecular complexity index is 398. The maximum Gasteiger partial charge on any atom is 0.263 e. The van der Waals surface area contributed by atoms with Gasteiger partial charge in [-0.05, 0) is 31.4 Å². The molecule has 1 heterocycles. The standard InChI is InChI=1S/C14H23NO2S/c1-5-7-12-11(6-2)8-13(18-12)14(17)15(4)9-10(3)16/h8,10,16H,5-7,9H2,1-4H3. The number of thiophene rings is 1. The van der Waals surface area contributed by atoms with Crippen molar-refractivity contribution in [3.63, 3.8) is 0 Å². The van der Waals surface area contributed by atoms with Crippen LogP contribution in [-0.4, -0.2) is 35.6 Å². The molecule has 1 amide bonds. The van der Waals surface area contributed by atoms with E-state index in [1.807, 2.05) is 6.07 Å². The highest BCUT2D eigenvalue weighted by atomic mass is 32.1. The van der Waals surface area contributed by atoms with E-state index in [0.29, 0.717) is 6.54 Å². The monoisotopic (exact) mass is 269 g/mol. The molecular weight excluding hydrogens is 246 g/mol. The van der Waals surface area contributed by atoms with Crippen molar-refractivity contribution in [1.29, 1.82) is 0 Å². The minimum Gasteiger partial charge on any atom is -0.392 e. The molecule has 4 heteroatoms. The highest BCUT2D eigenvalue weighted by molar-refractivity contribution is 7.14. The van der Waals surface area contributed by atoms with E-state index in [1.165, 1.54) is 10.4 Å². The van der Waals surface area contributed by atoms with Crippen LogP contribution in [0.15, 0.2) is 6.07 Å². The molecule has 0 saturated carbocycles. The van der Waals surface area contributed by atoms with E-state index >= 15 is 0 Å². The van der Waals surface area contributed by atoms with Gasteiger partial charge in [-0.2, -0.15) is 0 Å². The van der Waals surface area contributed by atoms with Crippen LogP contribution in [0.1, 0.15) is 47.3 Å². The van der Waals surface area contributed by atoms with Crippen LogP contribution >= 0.6 is 11.3 Å². The lowest BCUT2D eigenvalue weighted by atomic mass is 10.1. The summed E-state index contributed by atoms with van der Waals surface area (Å²) in [6, 6.07) is 2.01. The molecular formula is C14H23NO2S. The van der Waals surface area contributed by atoms with Gasteiger partial charge in [0.1, 0.15) is 0 Å². The van der Waals surface area contributed by atoms with Gasteiger partial charge >= 0.3 is 0 Å². The fourth-order valence-corrected chi connectivity index (χ4v) is 3.33. The summed E-state index contributed by atoms with van der Waals surface area (Å²) in [7, 11) is 1.74. The molecule has 18 heavy (non-hydrogen) atoms. The molecule has 1 N–H and O–H groups in total. The second kappa shape index (κ2) is 6.90. The largest absolute Gasteiger partial charge is 0.392 e. The van der Waals surface area contributed by atoms with Gasteiger partial charge in [0.15, 0.2) is 0 Å². The van der Waals surface area contributed by atoms with E-state index in [0.717, 1.165) is 24.1 Å². The second-order valence-corrected chi connectivity index (χ2v) is 5.83. The Hall–Kier alpha value is -0.870. The Balaban J connectivity index is 2.85. The Morgan fingerprint density at radius 2 is 2.17 bits per heavy atom. The second-order valence-electron chi connectivity index (χ2n) is 4.70. The van der Waals surface area contributed by atoms with Gasteiger partial charge in [-0.15, -0.1) is 11.3 Å². The van der Waals surface area contributed by atoms with Crippen LogP contribution in [-0.2, 0) is 12.8 Å². The topological polar surface area (TPSA) is 40.5 Å². The molecule has 1 rings (SSSR count). The molecule has 1 aromatic rings. The maximum absolute atomic E-state index is 12.2. The van der Waals surface area contributed by atoms with E-state index < -0.39 is 6.10 Å². The smallest absolute Gasteiger partial charge is 0.263 e. The van der Waals surface area contributed by atoms with Crippen molar-refractivity contribution in [2.75, 3.05) is 13.6 Å². The molecule has 0 radical (unpaired) electrons. The average molecular weight is 269 g/mol.